The summed E-state index contributed by atoms with van der Waals surface area (Å²) in [5.74, 6) is -0.514. The van der Waals surface area contributed by atoms with E-state index in [0.29, 0.717) is 10.1 Å². The summed E-state index contributed by atoms with van der Waals surface area (Å²) in [6, 6.07) is 11.6. The highest BCUT2D eigenvalue weighted by atomic mass is 79.9. The number of carbonyl (C=O) groups excluding carboxylic acids is 1. The van der Waals surface area contributed by atoms with Crippen LogP contribution in [0.1, 0.15) is 10.6 Å². The van der Waals surface area contributed by atoms with Crippen molar-refractivity contribution >= 4 is 48.5 Å². The molecule has 3 rings (SSSR count). The summed E-state index contributed by atoms with van der Waals surface area (Å²) < 4.78 is 67.9. The molecule has 0 aliphatic heterocycles. The third kappa shape index (κ3) is 4.72. The lowest BCUT2D eigenvalue weighted by atomic mass is 10.2. The minimum Gasteiger partial charge on any atom is -0.450 e. The molecule has 0 saturated heterocycles. The molecular weight excluding hydrogens is 465 g/mol. The summed E-state index contributed by atoms with van der Waals surface area (Å²) >= 11 is 3.32. The van der Waals surface area contributed by atoms with E-state index in [2.05, 4.69) is 21.2 Å². The molecule has 3 aromatic rings. The summed E-state index contributed by atoms with van der Waals surface area (Å²) in [5, 5.41) is 3.25. The number of anilines is 1. The molecule has 1 heterocycles. The average Bonchev–Trinajstić information content (AvgIpc) is 3.06. The molecule has 1 amide bonds. The van der Waals surface area contributed by atoms with Gasteiger partial charge in [0.1, 0.15) is 12.1 Å². The third-order valence-electron chi connectivity index (χ3n) is 3.60. The van der Waals surface area contributed by atoms with Crippen molar-refractivity contribution in [3.05, 3.63) is 58.8 Å². The standard InChI is InChI=1S/C17H12BrF3N2O4S/c18-13-3-1-2-10-8-14(27-15(10)13)16(24)23-11-4-6-12(7-5-11)28(25,26)22-9-17(19,20)21/h1-8,22H,9H2,(H,23,24). The lowest BCUT2D eigenvalue weighted by Crippen LogP contribution is -2.33. The van der Waals surface area contributed by atoms with Crippen LogP contribution in [0, 0.1) is 0 Å². The van der Waals surface area contributed by atoms with Gasteiger partial charge in [-0.15, -0.1) is 0 Å². The van der Waals surface area contributed by atoms with Gasteiger partial charge in [0.05, 0.1) is 9.37 Å². The average molecular weight is 477 g/mol. The van der Waals surface area contributed by atoms with Crippen LogP contribution in [0.4, 0.5) is 18.9 Å². The molecule has 6 nitrogen and oxygen atoms in total. The highest BCUT2D eigenvalue weighted by molar-refractivity contribution is 9.10. The van der Waals surface area contributed by atoms with E-state index in [0.717, 1.165) is 17.5 Å². The number of sulfonamides is 1. The van der Waals surface area contributed by atoms with E-state index in [-0.39, 0.29) is 16.3 Å². The second kappa shape index (κ2) is 7.57. The Bertz CT molecular complexity index is 1130. The van der Waals surface area contributed by atoms with Crippen molar-refractivity contribution < 1.29 is 30.8 Å². The van der Waals surface area contributed by atoms with E-state index in [1.165, 1.54) is 16.9 Å². The Labute approximate surface area is 165 Å². The van der Waals surface area contributed by atoms with Crippen LogP contribution in [0.15, 0.2) is 62.3 Å². The van der Waals surface area contributed by atoms with E-state index in [1.54, 1.807) is 24.3 Å². The molecule has 0 aliphatic carbocycles. The Balaban J connectivity index is 1.73. The fourth-order valence-corrected chi connectivity index (χ4v) is 3.79. The minimum atomic E-state index is -4.66. The molecule has 0 spiro atoms. The molecule has 0 bridgehead atoms. The van der Waals surface area contributed by atoms with E-state index in [9.17, 15) is 26.4 Å². The van der Waals surface area contributed by atoms with Crippen molar-refractivity contribution in [2.75, 3.05) is 11.9 Å². The van der Waals surface area contributed by atoms with Gasteiger partial charge in [-0.2, -0.15) is 13.2 Å². The summed E-state index contributed by atoms with van der Waals surface area (Å²) in [4.78, 5) is 12.0. The maximum atomic E-state index is 12.3. The Kier molecular flexibility index (Phi) is 5.50. The van der Waals surface area contributed by atoms with Gasteiger partial charge in [-0.3, -0.25) is 4.79 Å². The number of hydrogen-bond donors (Lipinski definition) is 2. The SMILES string of the molecule is O=C(Nc1ccc(S(=O)(=O)NCC(F)(F)F)cc1)c1cc2cccc(Br)c2o1. The first kappa shape index (κ1) is 20.4. The van der Waals surface area contributed by atoms with Gasteiger partial charge in [-0.1, -0.05) is 12.1 Å². The zero-order chi connectivity index (χ0) is 20.5. The molecule has 1 aromatic heterocycles. The Morgan fingerprint density at radius 1 is 1.11 bits per heavy atom. The van der Waals surface area contributed by atoms with E-state index in [1.807, 2.05) is 0 Å². The third-order valence-corrected chi connectivity index (χ3v) is 5.65. The van der Waals surface area contributed by atoms with Crippen molar-refractivity contribution in [3.63, 3.8) is 0 Å². The maximum Gasteiger partial charge on any atom is 0.402 e. The van der Waals surface area contributed by atoms with Crippen LogP contribution in [0.5, 0.6) is 0 Å². The van der Waals surface area contributed by atoms with Crippen LogP contribution >= 0.6 is 15.9 Å². The van der Waals surface area contributed by atoms with E-state index < -0.39 is 28.7 Å². The molecule has 0 aliphatic rings. The summed E-state index contributed by atoms with van der Waals surface area (Å²) in [6.45, 7) is -1.67. The number of furan rings is 1. The first-order chi connectivity index (χ1) is 13.0. The number of carbonyl (C=O) groups is 1. The molecule has 148 valence electrons. The number of amides is 1. The van der Waals surface area contributed by atoms with Crippen LogP contribution in [-0.2, 0) is 10.0 Å². The van der Waals surface area contributed by atoms with Crippen molar-refractivity contribution in [1.29, 1.82) is 0 Å². The fourth-order valence-electron chi connectivity index (χ4n) is 2.31. The van der Waals surface area contributed by atoms with Gasteiger partial charge < -0.3 is 9.73 Å². The lowest BCUT2D eigenvalue weighted by Gasteiger charge is -2.10. The number of halogens is 4. The summed E-state index contributed by atoms with van der Waals surface area (Å²) in [5.41, 5.74) is 0.754. The molecule has 11 heteroatoms. The highest BCUT2D eigenvalue weighted by Crippen LogP contribution is 2.27. The van der Waals surface area contributed by atoms with Gasteiger partial charge in [-0.25, -0.2) is 13.1 Å². The number of nitrogens with one attached hydrogen (secondary N) is 2. The predicted octanol–water partition coefficient (Wildman–Crippen LogP) is 4.29. The normalized spacial score (nSPS) is 12.3. The zero-order valence-corrected chi connectivity index (χ0v) is 16.3. The Hall–Kier alpha value is -2.37. The number of alkyl halides is 3. The zero-order valence-electron chi connectivity index (χ0n) is 13.9. The fraction of sp³-hybridized carbons (Fsp3) is 0.118. The smallest absolute Gasteiger partial charge is 0.402 e. The van der Waals surface area contributed by atoms with E-state index in [4.69, 9.17) is 4.42 Å². The minimum absolute atomic E-state index is 0.0467. The molecule has 28 heavy (non-hydrogen) atoms. The molecule has 2 N–H and O–H groups in total. The first-order valence-electron chi connectivity index (χ1n) is 7.71. The largest absolute Gasteiger partial charge is 0.450 e. The van der Waals surface area contributed by atoms with Crippen molar-refractivity contribution in [2.24, 2.45) is 0 Å². The van der Waals surface area contributed by atoms with Crippen molar-refractivity contribution in [3.8, 4) is 0 Å². The van der Waals surface area contributed by atoms with Gasteiger partial charge >= 0.3 is 6.18 Å². The molecule has 0 radical (unpaired) electrons. The quantitative estimate of drug-likeness (QED) is 0.574. The Morgan fingerprint density at radius 2 is 1.79 bits per heavy atom. The number of hydrogen-bond acceptors (Lipinski definition) is 4. The van der Waals surface area contributed by atoms with Crippen LogP contribution in [0.3, 0.4) is 0 Å². The van der Waals surface area contributed by atoms with Gasteiger partial charge in [0.25, 0.3) is 5.91 Å². The molecule has 2 aromatic carbocycles. The highest BCUT2D eigenvalue weighted by Gasteiger charge is 2.30. The molecule has 0 unspecified atom stereocenters. The first-order valence-corrected chi connectivity index (χ1v) is 9.99. The van der Waals surface area contributed by atoms with E-state index >= 15 is 0 Å². The number of benzene rings is 2. The van der Waals surface area contributed by atoms with Crippen LogP contribution in [0.25, 0.3) is 11.0 Å². The molecule has 0 atom stereocenters. The second-order valence-corrected chi connectivity index (χ2v) is 8.31. The number of fused-ring (bicyclic) bond motifs is 1. The van der Waals surface area contributed by atoms with Crippen LogP contribution < -0.4 is 10.0 Å². The van der Waals surface area contributed by atoms with Gasteiger partial charge in [-0.05, 0) is 52.3 Å². The number of para-hydroxylation sites is 1. The Morgan fingerprint density at radius 3 is 2.39 bits per heavy atom. The van der Waals surface area contributed by atoms with Crippen molar-refractivity contribution in [1.82, 2.24) is 4.72 Å². The van der Waals surface area contributed by atoms with Gasteiger partial charge in [0.15, 0.2) is 5.76 Å². The van der Waals surface area contributed by atoms with Crippen LogP contribution in [0.2, 0.25) is 0 Å². The molecule has 0 saturated carbocycles. The van der Waals surface area contributed by atoms with Crippen LogP contribution in [-0.4, -0.2) is 27.0 Å². The lowest BCUT2D eigenvalue weighted by molar-refractivity contribution is -0.121. The van der Waals surface area contributed by atoms with Gasteiger partial charge in [0.2, 0.25) is 10.0 Å². The molecule has 0 fully saturated rings. The molecular formula is C17H12BrF3N2O4S. The van der Waals surface area contributed by atoms with Gasteiger partial charge in [0, 0.05) is 11.1 Å². The summed E-state index contributed by atoms with van der Waals surface area (Å²) in [7, 11) is -4.32. The topological polar surface area (TPSA) is 88.4 Å². The predicted molar refractivity (Wildman–Crippen MR) is 99.6 cm³/mol. The summed E-state index contributed by atoms with van der Waals surface area (Å²) in [6.07, 6.45) is -4.66. The monoisotopic (exact) mass is 476 g/mol. The maximum absolute atomic E-state index is 12.3. The second-order valence-electron chi connectivity index (χ2n) is 5.69. The van der Waals surface area contributed by atoms with Crippen molar-refractivity contribution in [2.45, 2.75) is 11.1 Å². The number of rotatable bonds is 5.